The highest BCUT2D eigenvalue weighted by atomic mass is 16.5. The number of benzene rings is 1. The molecule has 2 aliphatic rings. The van der Waals surface area contributed by atoms with Crippen LogP contribution in [0, 0.1) is 5.41 Å². The molecule has 2 saturated heterocycles. The van der Waals surface area contributed by atoms with Crippen LogP contribution in [0.15, 0.2) is 36.7 Å². The van der Waals surface area contributed by atoms with E-state index in [4.69, 9.17) is 4.74 Å². The first-order valence-electron chi connectivity index (χ1n) is 9.26. The van der Waals surface area contributed by atoms with Gasteiger partial charge in [-0.1, -0.05) is 12.1 Å². The van der Waals surface area contributed by atoms with E-state index in [1.54, 1.807) is 18.0 Å². The van der Waals surface area contributed by atoms with Gasteiger partial charge in [0.25, 0.3) is 0 Å². The number of aromatic nitrogens is 2. The number of hydrogen-bond acceptors (Lipinski definition) is 4. The van der Waals surface area contributed by atoms with E-state index in [0.717, 1.165) is 56.9 Å². The third kappa shape index (κ3) is 3.09. The second-order valence-corrected chi connectivity index (χ2v) is 7.52. The van der Waals surface area contributed by atoms with Crippen molar-refractivity contribution in [3.63, 3.8) is 0 Å². The van der Waals surface area contributed by atoms with Crippen molar-refractivity contribution < 1.29 is 9.53 Å². The van der Waals surface area contributed by atoms with Crippen LogP contribution in [-0.2, 0) is 18.4 Å². The fourth-order valence-electron chi connectivity index (χ4n) is 4.34. The zero-order valence-corrected chi connectivity index (χ0v) is 15.5. The number of rotatable bonds is 4. The van der Waals surface area contributed by atoms with Gasteiger partial charge in [-0.05, 0) is 43.5 Å². The fourth-order valence-corrected chi connectivity index (χ4v) is 4.34. The average Bonchev–Trinajstić information content (AvgIpc) is 3.20. The number of carbonyl (C=O) groups excluding carboxylic acids is 1. The van der Waals surface area contributed by atoms with Gasteiger partial charge in [-0.3, -0.25) is 14.4 Å². The maximum Gasteiger partial charge on any atom is 0.234 e. The van der Waals surface area contributed by atoms with Gasteiger partial charge in [0, 0.05) is 32.9 Å². The van der Waals surface area contributed by atoms with Crippen LogP contribution in [0.2, 0.25) is 0 Å². The van der Waals surface area contributed by atoms with Crippen molar-refractivity contribution in [3.05, 3.63) is 42.2 Å². The van der Waals surface area contributed by atoms with Crippen LogP contribution < -0.4 is 9.64 Å². The van der Waals surface area contributed by atoms with Gasteiger partial charge in [-0.25, -0.2) is 0 Å². The number of hydrogen-bond donors (Lipinski definition) is 0. The van der Waals surface area contributed by atoms with Crippen LogP contribution in [-0.4, -0.2) is 47.3 Å². The second kappa shape index (κ2) is 6.76. The molecular formula is C20H26N4O2. The van der Waals surface area contributed by atoms with Crippen molar-refractivity contribution in [2.45, 2.75) is 25.8 Å². The van der Waals surface area contributed by atoms with Gasteiger partial charge in [0.1, 0.15) is 5.75 Å². The first-order chi connectivity index (χ1) is 12.6. The molecule has 6 heteroatoms. The Kier molecular flexibility index (Phi) is 4.44. The lowest BCUT2D eigenvalue weighted by atomic mass is 9.78. The van der Waals surface area contributed by atoms with Crippen molar-refractivity contribution in [2.75, 3.05) is 31.6 Å². The summed E-state index contributed by atoms with van der Waals surface area (Å²) in [5.41, 5.74) is 1.94. The van der Waals surface area contributed by atoms with Gasteiger partial charge in [-0.15, -0.1) is 0 Å². The van der Waals surface area contributed by atoms with Crippen LogP contribution in [0.5, 0.6) is 5.75 Å². The molecule has 3 heterocycles. The van der Waals surface area contributed by atoms with Crippen molar-refractivity contribution in [1.29, 1.82) is 0 Å². The van der Waals surface area contributed by atoms with Gasteiger partial charge < -0.3 is 9.64 Å². The molecule has 4 rings (SSSR count). The normalized spacial score (nSPS) is 23.8. The molecule has 138 valence electrons. The summed E-state index contributed by atoms with van der Waals surface area (Å²) in [5, 5.41) is 4.22. The molecule has 2 fully saturated rings. The number of piperidine rings is 1. The minimum atomic E-state index is -0.236. The Morgan fingerprint density at radius 2 is 2.00 bits per heavy atom. The van der Waals surface area contributed by atoms with E-state index in [0.29, 0.717) is 0 Å². The number of carbonyl (C=O) groups is 1. The van der Waals surface area contributed by atoms with Gasteiger partial charge in [-0.2, -0.15) is 5.10 Å². The van der Waals surface area contributed by atoms with Crippen molar-refractivity contribution in [2.24, 2.45) is 12.5 Å². The zero-order chi connectivity index (χ0) is 18.1. The lowest BCUT2D eigenvalue weighted by Crippen LogP contribution is -2.47. The summed E-state index contributed by atoms with van der Waals surface area (Å²) in [4.78, 5) is 17.6. The lowest BCUT2D eigenvalue weighted by molar-refractivity contribution is -0.128. The molecule has 0 unspecified atom stereocenters. The topological polar surface area (TPSA) is 50.6 Å². The minimum absolute atomic E-state index is 0.236. The van der Waals surface area contributed by atoms with Crippen molar-refractivity contribution in [1.82, 2.24) is 14.7 Å². The molecule has 2 aromatic rings. The highest BCUT2D eigenvalue weighted by molar-refractivity contribution is 6.00. The molecule has 1 aromatic heterocycles. The summed E-state index contributed by atoms with van der Waals surface area (Å²) < 4.78 is 6.99. The van der Waals surface area contributed by atoms with Gasteiger partial charge >= 0.3 is 0 Å². The maximum atomic E-state index is 13.2. The molecule has 1 spiro atoms. The summed E-state index contributed by atoms with van der Waals surface area (Å²) in [7, 11) is 3.57. The van der Waals surface area contributed by atoms with Crippen LogP contribution in [0.1, 0.15) is 24.8 Å². The number of anilines is 1. The third-order valence-electron chi connectivity index (χ3n) is 5.74. The Balaban J connectivity index is 1.46. The third-order valence-corrected chi connectivity index (χ3v) is 5.74. The van der Waals surface area contributed by atoms with Crippen LogP contribution in [0.25, 0.3) is 0 Å². The van der Waals surface area contributed by atoms with Gasteiger partial charge in [0.2, 0.25) is 5.91 Å². The lowest BCUT2D eigenvalue weighted by Gasteiger charge is -2.39. The van der Waals surface area contributed by atoms with Crippen LogP contribution >= 0.6 is 0 Å². The zero-order valence-electron chi connectivity index (χ0n) is 15.5. The standard InChI is InChI=1S/C20H26N4O2/c1-22-14-17(12-21-22)24-11-9-20(19(24)25)8-3-10-23(15-20)13-16-4-6-18(26-2)7-5-16/h4-7,12,14H,3,8-11,13,15H2,1-2H3/t20-/m1/s1. The molecule has 1 atom stereocenters. The Hall–Kier alpha value is -2.34. The van der Waals surface area contributed by atoms with Crippen LogP contribution in [0.4, 0.5) is 5.69 Å². The van der Waals surface area contributed by atoms with Crippen LogP contribution in [0.3, 0.4) is 0 Å². The molecule has 1 aromatic carbocycles. The predicted molar refractivity (Wildman–Crippen MR) is 100 cm³/mol. The summed E-state index contributed by atoms with van der Waals surface area (Å²) in [6.07, 6.45) is 6.70. The van der Waals surface area contributed by atoms with E-state index in [9.17, 15) is 4.79 Å². The molecule has 0 aliphatic carbocycles. The average molecular weight is 354 g/mol. The van der Waals surface area contributed by atoms with E-state index >= 15 is 0 Å². The van der Waals surface area contributed by atoms with Crippen molar-refractivity contribution in [3.8, 4) is 5.75 Å². The first kappa shape index (κ1) is 17.1. The number of nitrogens with zero attached hydrogens (tertiary/aromatic N) is 4. The minimum Gasteiger partial charge on any atom is -0.497 e. The SMILES string of the molecule is COc1ccc(CN2CCC[C@@]3(CCN(c4cnn(C)c4)C3=O)C2)cc1. The number of methoxy groups -OCH3 is 1. The molecule has 1 amide bonds. The fraction of sp³-hybridized carbons (Fsp3) is 0.500. The summed E-state index contributed by atoms with van der Waals surface area (Å²) in [6.45, 7) is 3.56. The highest BCUT2D eigenvalue weighted by Crippen LogP contribution is 2.42. The summed E-state index contributed by atoms with van der Waals surface area (Å²) >= 11 is 0. The second-order valence-electron chi connectivity index (χ2n) is 7.52. The van der Waals surface area contributed by atoms with E-state index in [1.165, 1.54) is 5.56 Å². The number of ether oxygens (including phenoxy) is 1. The van der Waals surface area contributed by atoms with E-state index in [-0.39, 0.29) is 11.3 Å². The maximum absolute atomic E-state index is 13.2. The van der Waals surface area contributed by atoms with E-state index in [2.05, 4.69) is 22.1 Å². The highest BCUT2D eigenvalue weighted by Gasteiger charge is 2.49. The van der Waals surface area contributed by atoms with E-state index < -0.39 is 0 Å². The molecule has 0 N–H and O–H groups in total. The van der Waals surface area contributed by atoms with Gasteiger partial charge in [0.15, 0.2) is 0 Å². The number of likely N-dealkylation sites (tertiary alicyclic amines) is 1. The number of amides is 1. The molecule has 0 saturated carbocycles. The molecule has 0 bridgehead atoms. The Morgan fingerprint density at radius 3 is 2.69 bits per heavy atom. The monoisotopic (exact) mass is 354 g/mol. The molecule has 6 nitrogen and oxygen atoms in total. The Morgan fingerprint density at radius 1 is 1.19 bits per heavy atom. The smallest absolute Gasteiger partial charge is 0.234 e. The quantitative estimate of drug-likeness (QED) is 0.846. The predicted octanol–water partition coefficient (Wildman–Crippen LogP) is 2.45. The molecule has 2 aliphatic heterocycles. The summed E-state index contributed by atoms with van der Waals surface area (Å²) in [6, 6.07) is 8.22. The largest absolute Gasteiger partial charge is 0.497 e. The molecular weight excluding hydrogens is 328 g/mol. The molecule has 26 heavy (non-hydrogen) atoms. The summed E-state index contributed by atoms with van der Waals surface area (Å²) in [5.74, 6) is 1.15. The first-order valence-corrected chi connectivity index (χ1v) is 9.26. The number of aryl methyl sites for hydroxylation is 1. The molecule has 0 radical (unpaired) electrons. The van der Waals surface area contributed by atoms with Crippen molar-refractivity contribution >= 4 is 11.6 Å². The van der Waals surface area contributed by atoms with Gasteiger partial charge in [0.05, 0.1) is 24.4 Å². The Labute approximate surface area is 154 Å². The van der Waals surface area contributed by atoms with E-state index in [1.807, 2.05) is 30.3 Å². The Bertz CT molecular complexity index is 785.